The molecule has 0 N–H and O–H groups in total. The van der Waals surface area contributed by atoms with Crippen molar-refractivity contribution in [3.8, 4) is 0 Å². The predicted octanol–water partition coefficient (Wildman–Crippen LogP) is 4.37. The van der Waals surface area contributed by atoms with Crippen LogP contribution in [0.25, 0.3) is 0 Å². The smallest absolute Gasteiger partial charge is 0.194 e. The van der Waals surface area contributed by atoms with Gasteiger partial charge in [0.05, 0.1) is 0 Å². The second-order valence-electron chi connectivity index (χ2n) is 5.70. The fraction of sp³-hybridized carbons (Fsp3) is 0.263. The highest BCUT2D eigenvalue weighted by atomic mass is 16.1. The van der Waals surface area contributed by atoms with Crippen molar-refractivity contribution in [1.82, 2.24) is 0 Å². The summed E-state index contributed by atoms with van der Waals surface area (Å²) in [5.41, 5.74) is 3.26. The third kappa shape index (κ3) is 2.21. The van der Waals surface area contributed by atoms with E-state index in [4.69, 9.17) is 0 Å². The van der Waals surface area contributed by atoms with Crippen LogP contribution in [0.1, 0.15) is 70.0 Å². The number of benzene rings is 2. The summed E-state index contributed by atoms with van der Waals surface area (Å²) in [5, 5.41) is 0. The minimum Gasteiger partial charge on any atom is -0.289 e. The molecule has 21 heavy (non-hydrogen) atoms. The van der Waals surface area contributed by atoms with Gasteiger partial charge in [-0.2, -0.15) is 0 Å². The zero-order chi connectivity index (χ0) is 15.0. The van der Waals surface area contributed by atoms with Crippen molar-refractivity contribution in [3.05, 3.63) is 70.3 Å². The average Bonchev–Trinajstić information content (AvgIpc) is 2.52. The molecule has 106 valence electrons. The Morgan fingerprint density at radius 2 is 1.43 bits per heavy atom. The Morgan fingerprint density at radius 3 is 2.05 bits per heavy atom. The highest BCUT2D eigenvalue weighted by Crippen LogP contribution is 2.30. The van der Waals surface area contributed by atoms with E-state index in [0.717, 1.165) is 18.4 Å². The van der Waals surface area contributed by atoms with E-state index in [0.29, 0.717) is 28.2 Å². The molecule has 0 saturated carbocycles. The van der Waals surface area contributed by atoms with E-state index in [2.05, 4.69) is 13.8 Å². The Kier molecular flexibility index (Phi) is 3.46. The Bertz CT molecular complexity index is 728. The van der Waals surface area contributed by atoms with Crippen LogP contribution in [0, 0.1) is 0 Å². The Hall–Kier alpha value is -2.22. The number of rotatable bonds is 3. The fourth-order valence-corrected chi connectivity index (χ4v) is 3.02. The lowest BCUT2D eigenvalue weighted by Gasteiger charge is -2.19. The van der Waals surface area contributed by atoms with E-state index >= 15 is 0 Å². The van der Waals surface area contributed by atoms with Crippen LogP contribution in [0.2, 0.25) is 0 Å². The molecule has 0 unspecified atom stereocenters. The molecule has 0 radical (unpaired) electrons. The van der Waals surface area contributed by atoms with Gasteiger partial charge >= 0.3 is 0 Å². The van der Waals surface area contributed by atoms with Crippen LogP contribution in [0.15, 0.2) is 42.5 Å². The molecule has 2 aromatic carbocycles. The lowest BCUT2D eigenvalue weighted by Crippen LogP contribution is -2.21. The van der Waals surface area contributed by atoms with Gasteiger partial charge < -0.3 is 0 Å². The van der Waals surface area contributed by atoms with E-state index < -0.39 is 0 Å². The normalized spacial score (nSPS) is 14.6. The van der Waals surface area contributed by atoms with Gasteiger partial charge in [0.25, 0.3) is 0 Å². The van der Waals surface area contributed by atoms with Crippen LogP contribution in [-0.2, 0) is 0 Å². The molecule has 1 aliphatic carbocycles. The van der Waals surface area contributed by atoms with Crippen LogP contribution in [0.5, 0.6) is 0 Å². The molecule has 0 saturated heterocycles. The summed E-state index contributed by atoms with van der Waals surface area (Å²) in [7, 11) is 0. The van der Waals surface area contributed by atoms with Crippen molar-refractivity contribution in [1.29, 1.82) is 0 Å². The van der Waals surface area contributed by atoms with Gasteiger partial charge in [0, 0.05) is 22.3 Å². The molecule has 3 rings (SSSR count). The van der Waals surface area contributed by atoms with Gasteiger partial charge in [0.2, 0.25) is 0 Å². The molecule has 0 spiro atoms. The van der Waals surface area contributed by atoms with Crippen LogP contribution in [-0.4, -0.2) is 11.6 Å². The first-order valence-electron chi connectivity index (χ1n) is 7.46. The third-order valence-electron chi connectivity index (χ3n) is 4.24. The first-order chi connectivity index (χ1) is 10.1. The van der Waals surface area contributed by atoms with Gasteiger partial charge in [-0.1, -0.05) is 56.7 Å². The second kappa shape index (κ2) is 5.28. The van der Waals surface area contributed by atoms with Gasteiger partial charge in [-0.05, 0) is 24.0 Å². The Labute approximate surface area is 124 Å². The first kappa shape index (κ1) is 13.7. The van der Waals surface area contributed by atoms with Crippen LogP contribution in [0.4, 0.5) is 0 Å². The van der Waals surface area contributed by atoms with E-state index in [1.807, 2.05) is 18.2 Å². The predicted molar refractivity (Wildman–Crippen MR) is 83.1 cm³/mol. The zero-order valence-corrected chi connectivity index (χ0v) is 12.3. The summed E-state index contributed by atoms with van der Waals surface area (Å²) in [6.07, 6.45) is 2.19. The van der Waals surface area contributed by atoms with Gasteiger partial charge in [0.1, 0.15) is 0 Å². The first-order valence-corrected chi connectivity index (χ1v) is 7.46. The molecular formula is C19H18O2. The Morgan fingerprint density at radius 1 is 0.857 bits per heavy atom. The topological polar surface area (TPSA) is 34.1 Å². The molecular weight excluding hydrogens is 260 g/mol. The van der Waals surface area contributed by atoms with Crippen molar-refractivity contribution in [2.75, 3.05) is 0 Å². The van der Waals surface area contributed by atoms with Gasteiger partial charge in [-0.25, -0.2) is 0 Å². The maximum Gasteiger partial charge on any atom is 0.194 e. The standard InChI is InChI=1S/C19H18O2/c1-3-6-12(2)13-9-10-16-17(11-13)19(21)15-8-5-4-7-14(15)18(16)20/h4-5,7-12H,3,6H2,1-2H3/t12-/m0/s1. The van der Waals surface area contributed by atoms with Crippen LogP contribution < -0.4 is 0 Å². The highest BCUT2D eigenvalue weighted by molar-refractivity contribution is 6.28. The maximum atomic E-state index is 12.6. The summed E-state index contributed by atoms with van der Waals surface area (Å²) >= 11 is 0. The third-order valence-corrected chi connectivity index (χ3v) is 4.24. The minimum absolute atomic E-state index is 0.0363. The van der Waals surface area contributed by atoms with Crippen molar-refractivity contribution in [2.45, 2.75) is 32.6 Å². The number of carbonyl (C=O) groups is 2. The monoisotopic (exact) mass is 278 g/mol. The molecule has 2 aromatic rings. The molecule has 0 aromatic heterocycles. The van der Waals surface area contributed by atoms with Gasteiger partial charge in [0.15, 0.2) is 11.6 Å². The number of hydrogen-bond donors (Lipinski definition) is 0. The minimum atomic E-state index is -0.0464. The quantitative estimate of drug-likeness (QED) is 0.713. The molecule has 2 nitrogen and oxygen atoms in total. The van der Waals surface area contributed by atoms with Crippen LogP contribution >= 0.6 is 0 Å². The fourth-order valence-electron chi connectivity index (χ4n) is 3.02. The molecule has 0 bridgehead atoms. The number of fused-ring (bicyclic) bond motifs is 2. The van der Waals surface area contributed by atoms with E-state index in [1.165, 1.54) is 0 Å². The summed E-state index contributed by atoms with van der Waals surface area (Å²) in [6.45, 7) is 4.31. The Balaban J connectivity index is 2.11. The van der Waals surface area contributed by atoms with Crippen molar-refractivity contribution in [3.63, 3.8) is 0 Å². The van der Waals surface area contributed by atoms with Gasteiger partial charge in [-0.3, -0.25) is 9.59 Å². The average molecular weight is 278 g/mol. The van der Waals surface area contributed by atoms with Crippen molar-refractivity contribution in [2.24, 2.45) is 0 Å². The van der Waals surface area contributed by atoms with Gasteiger partial charge in [-0.15, -0.1) is 0 Å². The molecule has 1 atom stereocenters. The second-order valence-corrected chi connectivity index (χ2v) is 5.70. The highest BCUT2D eigenvalue weighted by Gasteiger charge is 2.29. The summed E-state index contributed by atoms with van der Waals surface area (Å²) in [4.78, 5) is 25.1. The molecule has 0 heterocycles. The number of hydrogen-bond acceptors (Lipinski definition) is 2. The molecule has 0 fully saturated rings. The summed E-state index contributed by atoms with van der Waals surface area (Å²) < 4.78 is 0. The number of ketones is 2. The lowest BCUT2D eigenvalue weighted by molar-refractivity contribution is 0.0979. The molecule has 1 aliphatic rings. The number of carbonyl (C=O) groups excluding carboxylic acids is 2. The summed E-state index contributed by atoms with van der Waals surface area (Å²) in [6, 6.07) is 12.8. The van der Waals surface area contributed by atoms with E-state index in [9.17, 15) is 9.59 Å². The van der Waals surface area contributed by atoms with Crippen molar-refractivity contribution < 1.29 is 9.59 Å². The zero-order valence-electron chi connectivity index (χ0n) is 12.3. The van der Waals surface area contributed by atoms with E-state index in [-0.39, 0.29) is 11.6 Å². The lowest BCUT2D eigenvalue weighted by atomic mass is 9.82. The van der Waals surface area contributed by atoms with E-state index in [1.54, 1.807) is 24.3 Å². The molecule has 0 amide bonds. The van der Waals surface area contributed by atoms with Crippen LogP contribution in [0.3, 0.4) is 0 Å². The molecule has 0 aliphatic heterocycles. The summed E-state index contributed by atoms with van der Waals surface area (Å²) in [5.74, 6) is 0.320. The van der Waals surface area contributed by atoms with Crippen molar-refractivity contribution >= 4 is 11.6 Å². The maximum absolute atomic E-state index is 12.6. The SMILES string of the molecule is CCC[C@H](C)c1ccc2c(c1)C(=O)c1ccccc1C2=O. The molecule has 2 heteroatoms. The largest absolute Gasteiger partial charge is 0.289 e.